The van der Waals surface area contributed by atoms with E-state index in [0.717, 1.165) is 18.5 Å². The smallest absolute Gasteiger partial charge is 0.145 e. The van der Waals surface area contributed by atoms with E-state index in [0.29, 0.717) is 5.82 Å². The third-order valence-corrected chi connectivity index (χ3v) is 3.69. The number of hydrogen-bond donors (Lipinski definition) is 1. The average Bonchev–Trinajstić information content (AvgIpc) is 2.94. The zero-order chi connectivity index (χ0) is 15.2. The van der Waals surface area contributed by atoms with E-state index < -0.39 is 0 Å². The molecule has 0 spiro atoms. The fraction of sp³-hybridized carbons (Fsp3) is 0.438. The van der Waals surface area contributed by atoms with Gasteiger partial charge in [-0.1, -0.05) is 44.2 Å². The van der Waals surface area contributed by atoms with Crippen LogP contribution in [0.4, 0.5) is 0 Å². The third kappa shape index (κ3) is 3.76. The van der Waals surface area contributed by atoms with Gasteiger partial charge in [-0.25, -0.2) is 9.67 Å². The summed E-state index contributed by atoms with van der Waals surface area (Å²) >= 11 is 0. The molecule has 1 heterocycles. The predicted molar refractivity (Wildman–Crippen MR) is 81.6 cm³/mol. The Morgan fingerprint density at radius 2 is 2.05 bits per heavy atom. The summed E-state index contributed by atoms with van der Waals surface area (Å²) in [5.74, 6) is 0.560. The summed E-state index contributed by atoms with van der Waals surface area (Å²) in [6, 6.07) is 9.42. The van der Waals surface area contributed by atoms with Gasteiger partial charge in [0.05, 0.1) is 6.42 Å². The molecular formula is C16H22N4O. The molecule has 0 saturated heterocycles. The number of ketones is 1. The molecule has 2 rings (SSSR count). The summed E-state index contributed by atoms with van der Waals surface area (Å²) in [5, 5.41) is 4.14. The van der Waals surface area contributed by atoms with Crippen LogP contribution in [0.3, 0.4) is 0 Å². The Labute approximate surface area is 125 Å². The van der Waals surface area contributed by atoms with Crippen molar-refractivity contribution in [3.05, 3.63) is 48.0 Å². The standard InChI is InChI=1S/C16H22N4O/c1-3-9-20-15(18-11-19-20)10-14(21)12(2)16(17)13-7-5-4-6-8-13/h4-8,11-12,16H,3,9-10,17H2,1-2H3. The van der Waals surface area contributed by atoms with E-state index in [-0.39, 0.29) is 24.2 Å². The number of benzene rings is 1. The van der Waals surface area contributed by atoms with Gasteiger partial charge in [-0.2, -0.15) is 5.10 Å². The molecule has 0 radical (unpaired) electrons. The van der Waals surface area contributed by atoms with Gasteiger partial charge >= 0.3 is 0 Å². The SMILES string of the molecule is CCCn1ncnc1CC(=O)C(C)C(N)c1ccccc1. The van der Waals surface area contributed by atoms with Crippen molar-refractivity contribution in [1.82, 2.24) is 14.8 Å². The maximum Gasteiger partial charge on any atom is 0.145 e. The summed E-state index contributed by atoms with van der Waals surface area (Å²) < 4.78 is 1.79. The number of hydrogen-bond acceptors (Lipinski definition) is 4. The van der Waals surface area contributed by atoms with Crippen LogP contribution in [0, 0.1) is 5.92 Å². The maximum absolute atomic E-state index is 12.4. The summed E-state index contributed by atoms with van der Waals surface area (Å²) in [6.07, 6.45) is 2.74. The van der Waals surface area contributed by atoms with E-state index in [1.165, 1.54) is 6.33 Å². The van der Waals surface area contributed by atoms with Gasteiger partial charge in [-0.3, -0.25) is 4.79 Å². The number of aromatic nitrogens is 3. The third-order valence-electron chi connectivity index (χ3n) is 3.69. The first kappa shape index (κ1) is 15.4. The van der Waals surface area contributed by atoms with E-state index in [1.807, 2.05) is 37.3 Å². The molecule has 2 aromatic rings. The van der Waals surface area contributed by atoms with Crippen LogP contribution in [0.1, 0.15) is 37.7 Å². The van der Waals surface area contributed by atoms with Crippen molar-refractivity contribution < 1.29 is 4.79 Å². The number of nitrogens with zero attached hydrogens (tertiary/aromatic N) is 3. The van der Waals surface area contributed by atoms with E-state index in [4.69, 9.17) is 5.73 Å². The molecule has 0 amide bonds. The Morgan fingerprint density at radius 3 is 2.71 bits per heavy atom. The second-order valence-corrected chi connectivity index (χ2v) is 5.27. The summed E-state index contributed by atoms with van der Waals surface area (Å²) in [6.45, 7) is 4.73. The molecule has 0 aliphatic rings. The molecule has 2 unspecified atom stereocenters. The fourth-order valence-corrected chi connectivity index (χ4v) is 2.30. The van der Waals surface area contributed by atoms with Crippen molar-refractivity contribution in [3.8, 4) is 0 Å². The fourth-order valence-electron chi connectivity index (χ4n) is 2.30. The number of carbonyl (C=O) groups excluding carboxylic acids is 1. The van der Waals surface area contributed by atoms with Crippen molar-refractivity contribution in [2.45, 2.75) is 39.3 Å². The molecule has 0 aliphatic heterocycles. The van der Waals surface area contributed by atoms with Gasteiger partial charge in [0.2, 0.25) is 0 Å². The van der Waals surface area contributed by atoms with Gasteiger partial charge in [-0.05, 0) is 12.0 Å². The van der Waals surface area contributed by atoms with Gasteiger partial charge < -0.3 is 5.73 Å². The number of Topliss-reactive ketones (excluding diaryl/α,β-unsaturated/α-hetero) is 1. The van der Waals surface area contributed by atoms with Crippen molar-refractivity contribution in [1.29, 1.82) is 0 Å². The largest absolute Gasteiger partial charge is 0.323 e. The highest BCUT2D eigenvalue weighted by molar-refractivity contribution is 5.83. The molecule has 0 bridgehead atoms. The molecule has 0 fully saturated rings. The van der Waals surface area contributed by atoms with Crippen molar-refractivity contribution in [2.24, 2.45) is 11.7 Å². The lowest BCUT2D eigenvalue weighted by molar-refractivity contribution is -0.122. The van der Waals surface area contributed by atoms with Crippen LogP contribution >= 0.6 is 0 Å². The first-order valence-corrected chi connectivity index (χ1v) is 7.33. The van der Waals surface area contributed by atoms with E-state index >= 15 is 0 Å². The summed E-state index contributed by atoms with van der Waals surface area (Å²) in [7, 11) is 0. The Kier molecular flexibility index (Phi) is 5.22. The Balaban J connectivity index is 2.04. The van der Waals surface area contributed by atoms with E-state index in [2.05, 4.69) is 17.0 Å². The van der Waals surface area contributed by atoms with Gasteiger partial charge in [-0.15, -0.1) is 0 Å². The molecule has 0 aliphatic carbocycles. The van der Waals surface area contributed by atoms with E-state index in [9.17, 15) is 4.79 Å². The van der Waals surface area contributed by atoms with Crippen LogP contribution in [0.5, 0.6) is 0 Å². The maximum atomic E-state index is 12.4. The summed E-state index contributed by atoms with van der Waals surface area (Å²) in [4.78, 5) is 16.6. The lowest BCUT2D eigenvalue weighted by Crippen LogP contribution is -2.28. The van der Waals surface area contributed by atoms with Crippen molar-refractivity contribution in [3.63, 3.8) is 0 Å². The van der Waals surface area contributed by atoms with Gasteiger partial charge in [0, 0.05) is 18.5 Å². The van der Waals surface area contributed by atoms with Gasteiger partial charge in [0.1, 0.15) is 17.9 Å². The topological polar surface area (TPSA) is 73.8 Å². The predicted octanol–water partition coefficient (Wildman–Crippen LogP) is 2.14. The highest BCUT2D eigenvalue weighted by atomic mass is 16.1. The van der Waals surface area contributed by atoms with Crippen molar-refractivity contribution >= 4 is 5.78 Å². The highest BCUT2D eigenvalue weighted by Crippen LogP contribution is 2.20. The van der Waals surface area contributed by atoms with Crippen LogP contribution in [0.15, 0.2) is 36.7 Å². The number of carbonyl (C=O) groups is 1. The number of aryl methyl sites for hydroxylation is 1. The Morgan fingerprint density at radius 1 is 1.33 bits per heavy atom. The Bertz CT molecular complexity index is 579. The first-order chi connectivity index (χ1) is 10.1. The molecule has 21 heavy (non-hydrogen) atoms. The van der Waals surface area contributed by atoms with Crippen LogP contribution in [-0.2, 0) is 17.8 Å². The average molecular weight is 286 g/mol. The van der Waals surface area contributed by atoms with Crippen LogP contribution < -0.4 is 5.73 Å². The lowest BCUT2D eigenvalue weighted by atomic mass is 9.90. The minimum atomic E-state index is -0.291. The zero-order valence-corrected chi connectivity index (χ0v) is 12.6. The van der Waals surface area contributed by atoms with Crippen LogP contribution in [0.2, 0.25) is 0 Å². The quantitative estimate of drug-likeness (QED) is 0.846. The molecule has 5 heteroatoms. The summed E-state index contributed by atoms with van der Waals surface area (Å²) in [5.41, 5.74) is 7.18. The number of nitrogens with two attached hydrogens (primary N) is 1. The minimum absolute atomic E-state index is 0.0942. The van der Waals surface area contributed by atoms with E-state index in [1.54, 1.807) is 4.68 Å². The van der Waals surface area contributed by atoms with Crippen LogP contribution in [-0.4, -0.2) is 20.5 Å². The molecular weight excluding hydrogens is 264 g/mol. The molecule has 2 N–H and O–H groups in total. The molecule has 5 nitrogen and oxygen atoms in total. The second kappa shape index (κ2) is 7.13. The van der Waals surface area contributed by atoms with Crippen molar-refractivity contribution in [2.75, 3.05) is 0 Å². The second-order valence-electron chi connectivity index (χ2n) is 5.27. The molecule has 0 saturated carbocycles. The zero-order valence-electron chi connectivity index (χ0n) is 12.6. The minimum Gasteiger partial charge on any atom is -0.323 e. The first-order valence-electron chi connectivity index (χ1n) is 7.33. The molecule has 112 valence electrons. The van der Waals surface area contributed by atoms with Crippen LogP contribution in [0.25, 0.3) is 0 Å². The monoisotopic (exact) mass is 286 g/mol. The lowest BCUT2D eigenvalue weighted by Gasteiger charge is -2.19. The Hall–Kier alpha value is -2.01. The molecule has 1 aromatic carbocycles. The molecule has 2 atom stereocenters. The van der Waals surface area contributed by atoms with Gasteiger partial charge in [0.25, 0.3) is 0 Å². The number of rotatable bonds is 7. The highest BCUT2D eigenvalue weighted by Gasteiger charge is 2.23. The normalized spacial score (nSPS) is 13.9. The molecule has 1 aromatic heterocycles. The van der Waals surface area contributed by atoms with Gasteiger partial charge in [0.15, 0.2) is 0 Å².